The lowest BCUT2D eigenvalue weighted by Gasteiger charge is -2.42. The SMILES string of the molecule is CC(Cc1c(C(C)(C)C)c(C(C)(C)C)cc(C(C)(C)C)c1C(C)(C)C)c1c(C(C)(C)C)ccc(C(C)(C)C)c1C(C)(C)C. The van der Waals surface area contributed by atoms with Crippen molar-refractivity contribution in [2.75, 3.05) is 0 Å². The van der Waals surface area contributed by atoms with E-state index in [4.69, 9.17) is 0 Å². The first kappa shape index (κ1) is 37.6. The summed E-state index contributed by atoms with van der Waals surface area (Å²) >= 11 is 0. The third-order valence-corrected chi connectivity index (χ3v) is 9.16. The molecule has 2 aromatic carbocycles. The van der Waals surface area contributed by atoms with Crippen LogP contribution in [0.1, 0.15) is 208 Å². The highest BCUT2D eigenvalue weighted by molar-refractivity contribution is 5.58. The smallest absolute Gasteiger partial charge is 0.0126 e. The van der Waals surface area contributed by atoms with Crippen LogP contribution in [0.25, 0.3) is 0 Å². The van der Waals surface area contributed by atoms with Crippen molar-refractivity contribution in [3.05, 3.63) is 68.3 Å². The summed E-state index contributed by atoms with van der Waals surface area (Å²) in [7, 11) is 0. The minimum Gasteiger partial charge on any atom is -0.0581 e. The van der Waals surface area contributed by atoms with E-state index in [1.54, 1.807) is 27.8 Å². The van der Waals surface area contributed by atoms with Gasteiger partial charge in [-0.15, -0.1) is 0 Å². The van der Waals surface area contributed by atoms with Gasteiger partial charge in [0.2, 0.25) is 0 Å². The third-order valence-electron chi connectivity index (χ3n) is 9.16. The van der Waals surface area contributed by atoms with Crippen LogP contribution in [-0.4, -0.2) is 0 Å². The van der Waals surface area contributed by atoms with Gasteiger partial charge in [-0.3, -0.25) is 0 Å². The third kappa shape index (κ3) is 8.19. The van der Waals surface area contributed by atoms with Gasteiger partial charge in [-0.05, 0) is 100 Å². The molecule has 0 amide bonds. The quantitative estimate of drug-likeness (QED) is 0.334. The lowest BCUT2D eigenvalue weighted by atomic mass is 9.62. The van der Waals surface area contributed by atoms with Crippen molar-refractivity contribution in [2.24, 2.45) is 0 Å². The van der Waals surface area contributed by atoms with Gasteiger partial charge < -0.3 is 0 Å². The van der Waals surface area contributed by atoms with E-state index in [1.165, 1.54) is 22.3 Å². The molecule has 0 radical (unpaired) electrons. The molecule has 244 valence electrons. The van der Waals surface area contributed by atoms with E-state index in [2.05, 4.69) is 171 Å². The van der Waals surface area contributed by atoms with E-state index in [1.807, 2.05) is 0 Å². The van der Waals surface area contributed by atoms with Gasteiger partial charge in [0.05, 0.1) is 0 Å². The molecule has 0 nitrogen and oxygen atoms in total. The van der Waals surface area contributed by atoms with Gasteiger partial charge in [0.25, 0.3) is 0 Å². The second-order valence-corrected chi connectivity index (χ2v) is 21.0. The van der Waals surface area contributed by atoms with E-state index in [0.29, 0.717) is 5.92 Å². The van der Waals surface area contributed by atoms with E-state index in [-0.39, 0.29) is 37.9 Å². The summed E-state index contributed by atoms with van der Waals surface area (Å²) in [6, 6.07) is 7.54. The molecular weight excluding hydrogens is 516 g/mol. The maximum atomic E-state index is 2.61. The highest BCUT2D eigenvalue weighted by Gasteiger charge is 2.39. The number of benzene rings is 2. The van der Waals surface area contributed by atoms with Crippen LogP contribution >= 0.6 is 0 Å². The molecule has 0 aromatic heterocycles. The van der Waals surface area contributed by atoms with Gasteiger partial charge in [0.15, 0.2) is 0 Å². The predicted octanol–water partition coefficient (Wildman–Crippen LogP) is 13.1. The molecule has 1 unspecified atom stereocenters. The second kappa shape index (κ2) is 11.4. The van der Waals surface area contributed by atoms with Crippen molar-refractivity contribution >= 4 is 0 Å². The Kier molecular flexibility index (Phi) is 9.93. The van der Waals surface area contributed by atoms with E-state index in [9.17, 15) is 0 Å². The highest BCUT2D eigenvalue weighted by atomic mass is 14.4. The zero-order chi connectivity index (χ0) is 34.1. The topological polar surface area (TPSA) is 0 Å². The van der Waals surface area contributed by atoms with Crippen LogP contribution in [-0.2, 0) is 44.3 Å². The summed E-state index contributed by atoms with van der Waals surface area (Å²) in [4.78, 5) is 0. The average molecular weight is 589 g/mol. The molecule has 2 aromatic rings. The Morgan fingerprint density at radius 1 is 0.395 bits per heavy atom. The van der Waals surface area contributed by atoms with Crippen LogP contribution < -0.4 is 0 Å². The first-order valence-electron chi connectivity index (χ1n) is 17.1. The predicted molar refractivity (Wildman–Crippen MR) is 196 cm³/mol. The zero-order valence-corrected chi connectivity index (χ0v) is 33.0. The largest absolute Gasteiger partial charge is 0.0581 e. The molecule has 0 heterocycles. The summed E-state index contributed by atoms with van der Waals surface area (Å²) < 4.78 is 0. The molecule has 0 saturated carbocycles. The first-order chi connectivity index (χ1) is 18.7. The Labute approximate surface area is 270 Å². The monoisotopic (exact) mass is 589 g/mol. The minimum absolute atomic E-state index is 0.0288. The Hall–Kier alpha value is -1.56. The van der Waals surface area contributed by atoms with Crippen molar-refractivity contribution in [1.29, 1.82) is 0 Å². The van der Waals surface area contributed by atoms with E-state index in [0.717, 1.165) is 6.42 Å². The molecule has 0 fully saturated rings. The van der Waals surface area contributed by atoms with Crippen molar-refractivity contribution < 1.29 is 0 Å². The average Bonchev–Trinajstić information content (AvgIpc) is 2.72. The van der Waals surface area contributed by atoms with Crippen LogP contribution in [0.4, 0.5) is 0 Å². The van der Waals surface area contributed by atoms with Crippen LogP contribution in [0.5, 0.6) is 0 Å². The van der Waals surface area contributed by atoms with Gasteiger partial charge in [-0.2, -0.15) is 0 Å². The fourth-order valence-corrected chi connectivity index (χ4v) is 7.47. The van der Waals surface area contributed by atoms with Crippen molar-refractivity contribution in [1.82, 2.24) is 0 Å². The van der Waals surface area contributed by atoms with Crippen LogP contribution in [0.3, 0.4) is 0 Å². The Balaban J connectivity index is 3.27. The first-order valence-corrected chi connectivity index (χ1v) is 17.1. The van der Waals surface area contributed by atoms with Crippen molar-refractivity contribution in [3.63, 3.8) is 0 Å². The zero-order valence-electron chi connectivity index (χ0n) is 33.0. The molecular formula is C43H72. The summed E-state index contributed by atoms with van der Waals surface area (Å²) in [6.07, 6.45) is 1.05. The van der Waals surface area contributed by atoms with Gasteiger partial charge in [-0.25, -0.2) is 0 Å². The Morgan fingerprint density at radius 2 is 0.698 bits per heavy atom. The molecule has 0 aliphatic heterocycles. The Morgan fingerprint density at radius 3 is 0.977 bits per heavy atom. The number of rotatable bonds is 3. The van der Waals surface area contributed by atoms with Crippen molar-refractivity contribution in [2.45, 2.75) is 203 Å². The molecule has 0 saturated heterocycles. The van der Waals surface area contributed by atoms with Gasteiger partial charge >= 0.3 is 0 Å². The van der Waals surface area contributed by atoms with E-state index < -0.39 is 0 Å². The van der Waals surface area contributed by atoms with Crippen molar-refractivity contribution in [3.8, 4) is 0 Å². The van der Waals surface area contributed by atoms with Gasteiger partial charge in [0.1, 0.15) is 0 Å². The Bertz CT molecular complexity index is 1240. The van der Waals surface area contributed by atoms with Crippen LogP contribution in [0.2, 0.25) is 0 Å². The summed E-state index contributed by atoms with van der Waals surface area (Å²) in [5.41, 5.74) is 14.3. The summed E-state index contributed by atoms with van der Waals surface area (Å²) in [6.45, 7) is 53.3. The normalized spacial score (nSPS) is 15.2. The highest BCUT2D eigenvalue weighted by Crippen LogP contribution is 2.49. The molecule has 1 atom stereocenters. The second-order valence-electron chi connectivity index (χ2n) is 21.0. The molecule has 0 heteroatoms. The van der Waals surface area contributed by atoms with E-state index >= 15 is 0 Å². The number of hydrogen-bond donors (Lipinski definition) is 0. The molecule has 0 aliphatic rings. The summed E-state index contributed by atoms with van der Waals surface area (Å²) in [5.74, 6) is 0.371. The fraction of sp³-hybridized carbons (Fsp3) is 0.721. The lowest BCUT2D eigenvalue weighted by molar-refractivity contribution is 0.482. The maximum absolute atomic E-state index is 2.61. The van der Waals surface area contributed by atoms with Crippen LogP contribution in [0.15, 0.2) is 18.2 Å². The van der Waals surface area contributed by atoms with Crippen LogP contribution in [0, 0.1) is 0 Å². The lowest BCUT2D eigenvalue weighted by Crippen LogP contribution is -2.32. The van der Waals surface area contributed by atoms with Gasteiger partial charge in [-0.1, -0.05) is 171 Å². The molecule has 0 N–H and O–H groups in total. The molecule has 0 bridgehead atoms. The number of hydrogen-bond acceptors (Lipinski definition) is 0. The standard InChI is InChI=1S/C43H72/c1-27(33-29(37(2,3)4)23-24-30(38(5,6)7)36(33)43(20,21)22)25-28-34(41(14,15)16)31(39(8,9)10)26-32(40(11,12)13)35(28)42(17,18)19/h23-24,26-27H,25H2,1-22H3. The van der Waals surface area contributed by atoms with Gasteiger partial charge in [0, 0.05) is 0 Å². The molecule has 43 heavy (non-hydrogen) atoms. The maximum Gasteiger partial charge on any atom is -0.0126 e. The molecule has 0 spiro atoms. The molecule has 2 rings (SSSR count). The summed E-state index contributed by atoms with van der Waals surface area (Å²) in [5, 5.41) is 0. The molecule has 0 aliphatic carbocycles. The fourth-order valence-electron chi connectivity index (χ4n) is 7.47. The minimum atomic E-state index is 0.0288.